The number of hydrogen-bond donors (Lipinski definition) is 1. The van der Waals surface area contributed by atoms with Crippen LogP contribution in [0.3, 0.4) is 0 Å². The van der Waals surface area contributed by atoms with E-state index >= 15 is 0 Å². The fraction of sp³-hybridized carbons (Fsp3) is 0.500. The number of ether oxygens (including phenoxy) is 1. The van der Waals surface area contributed by atoms with E-state index in [9.17, 15) is 4.79 Å². The predicted molar refractivity (Wildman–Crippen MR) is 87.6 cm³/mol. The van der Waals surface area contributed by atoms with Gasteiger partial charge in [0.15, 0.2) is 0 Å². The molecule has 1 saturated heterocycles. The number of fused-ring (bicyclic) bond motifs is 1. The molecule has 0 spiro atoms. The van der Waals surface area contributed by atoms with E-state index in [4.69, 9.17) is 4.74 Å². The lowest BCUT2D eigenvalue weighted by atomic mass is 9.76. The Labute approximate surface area is 131 Å². The minimum Gasteiger partial charge on any atom is -0.469 e. The van der Waals surface area contributed by atoms with Crippen molar-refractivity contribution in [3.63, 3.8) is 0 Å². The number of carbonyl (C=O) groups excluding carboxylic acids is 1. The maximum atomic E-state index is 11.7. The Bertz CT molecular complexity index is 664. The fourth-order valence-electron chi connectivity index (χ4n) is 3.88. The van der Waals surface area contributed by atoms with Gasteiger partial charge in [0.2, 0.25) is 0 Å². The zero-order chi connectivity index (χ0) is 15.7. The fourth-order valence-corrected chi connectivity index (χ4v) is 3.88. The van der Waals surface area contributed by atoms with E-state index in [1.54, 1.807) is 0 Å². The third-order valence-electron chi connectivity index (χ3n) is 5.17. The molecule has 0 radical (unpaired) electrons. The number of benzene rings is 1. The first-order chi connectivity index (χ1) is 10.6. The summed E-state index contributed by atoms with van der Waals surface area (Å²) >= 11 is 0. The number of hydrogen-bond acceptors (Lipinski definition) is 3. The van der Waals surface area contributed by atoms with Crippen LogP contribution in [0.25, 0.3) is 10.9 Å². The summed E-state index contributed by atoms with van der Waals surface area (Å²) < 4.78 is 4.87. The highest BCUT2D eigenvalue weighted by Gasteiger charge is 2.36. The van der Waals surface area contributed by atoms with Crippen molar-refractivity contribution >= 4 is 16.9 Å². The molecule has 22 heavy (non-hydrogen) atoms. The quantitative estimate of drug-likeness (QED) is 0.884. The number of aromatic nitrogens is 1. The van der Waals surface area contributed by atoms with Gasteiger partial charge in [-0.05, 0) is 43.5 Å². The second kappa shape index (κ2) is 6.13. The number of rotatable bonds is 3. The van der Waals surface area contributed by atoms with Crippen LogP contribution in [0, 0.1) is 11.8 Å². The SMILES string of the molecule is COC(=O)C[C@@H]1CCN(C)[C@H](c2c[nH]c3ccccc23)[C@@H]1C. The molecule has 0 bridgehead atoms. The van der Waals surface area contributed by atoms with Crippen molar-refractivity contribution in [3.8, 4) is 0 Å². The van der Waals surface area contributed by atoms with Crippen molar-refractivity contribution in [2.75, 3.05) is 20.7 Å². The maximum Gasteiger partial charge on any atom is 0.305 e. The number of nitrogens with one attached hydrogen (secondary N) is 1. The van der Waals surface area contributed by atoms with Gasteiger partial charge in [-0.25, -0.2) is 0 Å². The molecule has 1 aromatic carbocycles. The van der Waals surface area contributed by atoms with E-state index in [0.29, 0.717) is 24.3 Å². The summed E-state index contributed by atoms with van der Waals surface area (Å²) in [6.07, 6.45) is 3.69. The standard InChI is InChI=1S/C18H24N2O2/c1-12-13(10-17(21)22-3)8-9-20(2)18(12)15-11-19-16-7-5-4-6-14(15)16/h4-7,11-13,18-19H,8-10H2,1-3H3/t12-,13+,18+/m1/s1. The molecule has 0 unspecified atom stereocenters. The van der Waals surface area contributed by atoms with Crippen LogP contribution in [0.15, 0.2) is 30.5 Å². The number of esters is 1. The summed E-state index contributed by atoms with van der Waals surface area (Å²) in [6.45, 7) is 3.27. The van der Waals surface area contributed by atoms with Crippen LogP contribution in [-0.4, -0.2) is 36.6 Å². The van der Waals surface area contributed by atoms with Gasteiger partial charge in [0.1, 0.15) is 0 Å². The first kappa shape index (κ1) is 15.1. The Kier molecular flexibility index (Phi) is 4.21. The van der Waals surface area contributed by atoms with Gasteiger partial charge in [-0.2, -0.15) is 0 Å². The lowest BCUT2D eigenvalue weighted by Crippen LogP contribution is -2.40. The highest BCUT2D eigenvalue weighted by molar-refractivity contribution is 5.83. The summed E-state index contributed by atoms with van der Waals surface area (Å²) in [6, 6.07) is 8.75. The number of nitrogens with zero attached hydrogens (tertiary/aromatic N) is 1. The van der Waals surface area contributed by atoms with Crippen LogP contribution in [0.5, 0.6) is 0 Å². The number of likely N-dealkylation sites (tertiary alicyclic amines) is 1. The molecule has 3 atom stereocenters. The molecule has 1 N–H and O–H groups in total. The first-order valence-corrected chi connectivity index (χ1v) is 7.95. The smallest absolute Gasteiger partial charge is 0.305 e. The van der Waals surface area contributed by atoms with Crippen LogP contribution in [0.1, 0.15) is 31.4 Å². The Morgan fingerprint density at radius 2 is 2.18 bits per heavy atom. The highest BCUT2D eigenvalue weighted by Crippen LogP contribution is 2.42. The van der Waals surface area contributed by atoms with Crippen LogP contribution in [-0.2, 0) is 9.53 Å². The number of H-pyrrole nitrogens is 1. The Morgan fingerprint density at radius 3 is 2.95 bits per heavy atom. The Hall–Kier alpha value is -1.81. The van der Waals surface area contributed by atoms with E-state index in [1.165, 1.54) is 23.6 Å². The maximum absolute atomic E-state index is 11.7. The van der Waals surface area contributed by atoms with E-state index < -0.39 is 0 Å². The van der Waals surface area contributed by atoms with Crippen molar-refractivity contribution in [1.82, 2.24) is 9.88 Å². The third kappa shape index (κ3) is 2.63. The monoisotopic (exact) mass is 300 g/mol. The largest absolute Gasteiger partial charge is 0.469 e. The number of methoxy groups -OCH3 is 1. The first-order valence-electron chi connectivity index (χ1n) is 7.95. The summed E-state index contributed by atoms with van der Waals surface area (Å²) in [5, 5.41) is 1.28. The van der Waals surface area contributed by atoms with E-state index in [2.05, 4.69) is 54.3 Å². The summed E-state index contributed by atoms with van der Waals surface area (Å²) in [5.74, 6) is 0.693. The number of piperidine rings is 1. The van der Waals surface area contributed by atoms with Gasteiger partial charge in [0, 0.05) is 29.6 Å². The lowest BCUT2D eigenvalue weighted by molar-refractivity contribution is -0.143. The lowest BCUT2D eigenvalue weighted by Gasteiger charge is -2.42. The van der Waals surface area contributed by atoms with Crippen LogP contribution in [0.4, 0.5) is 0 Å². The van der Waals surface area contributed by atoms with Gasteiger partial charge in [-0.1, -0.05) is 25.1 Å². The molecule has 0 saturated carbocycles. The molecular weight excluding hydrogens is 276 g/mol. The molecular formula is C18H24N2O2. The molecule has 4 heteroatoms. The summed E-state index contributed by atoms with van der Waals surface area (Å²) in [4.78, 5) is 17.5. The van der Waals surface area contributed by atoms with Crippen molar-refractivity contribution in [1.29, 1.82) is 0 Å². The zero-order valence-corrected chi connectivity index (χ0v) is 13.5. The average Bonchev–Trinajstić information content (AvgIpc) is 2.94. The minimum atomic E-state index is -0.0981. The number of carbonyl (C=O) groups is 1. The summed E-state index contributed by atoms with van der Waals surface area (Å²) in [5.41, 5.74) is 2.51. The van der Waals surface area contributed by atoms with E-state index in [0.717, 1.165) is 13.0 Å². The molecule has 1 aliphatic heterocycles. The molecule has 1 aromatic heterocycles. The van der Waals surface area contributed by atoms with Gasteiger partial charge in [-0.15, -0.1) is 0 Å². The van der Waals surface area contributed by atoms with Crippen molar-refractivity contribution in [2.24, 2.45) is 11.8 Å². The predicted octanol–water partition coefficient (Wildman–Crippen LogP) is 3.36. The third-order valence-corrected chi connectivity index (χ3v) is 5.17. The zero-order valence-electron chi connectivity index (χ0n) is 13.5. The molecule has 1 aliphatic rings. The summed E-state index contributed by atoms with van der Waals surface area (Å²) in [7, 11) is 3.65. The molecule has 118 valence electrons. The Balaban J connectivity index is 1.91. The molecule has 3 rings (SSSR count). The topological polar surface area (TPSA) is 45.3 Å². The normalized spacial score (nSPS) is 26.2. The molecule has 2 aromatic rings. The number of para-hydroxylation sites is 1. The Morgan fingerprint density at radius 1 is 1.41 bits per heavy atom. The van der Waals surface area contributed by atoms with Crippen molar-refractivity contribution in [2.45, 2.75) is 25.8 Å². The minimum absolute atomic E-state index is 0.0981. The van der Waals surface area contributed by atoms with Crippen LogP contribution < -0.4 is 0 Å². The van der Waals surface area contributed by atoms with Gasteiger partial charge in [0.25, 0.3) is 0 Å². The van der Waals surface area contributed by atoms with Gasteiger partial charge < -0.3 is 9.72 Å². The van der Waals surface area contributed by atoms with E-state index in [1.807, 2.05) is 0 Å². The average molecular weight is 300 g/mol. The second-order valence-electron chi connectivity index (χ2n) is 6.40. The highest BCUT2D eigenvalue weighted by atomic mass is 16.5. The van der Waals surface area contributed by atoms with Gasteiger partial charge >= 0.3 is 5.97 Å². The molecule has 2 heterocycles. The number of aromatic amines is 1. The van der Waals surface area contributed by atoms with Gasteiger partial charge in [-0.3, -0.25) is 9.69 Å². The molecule has 1 fully saturated rings. The molecule has 0 aliphatic carbocycles. The van der Waals surface area contributed by atoms with E-state index in [-0.39, 0.29) is 5.97 Å². The van der Waals surface area contributed by atoms with Crippen molar-refractivity contribution in [3.05, 3.63) is 36.0 Å². The van der Waals surface area contributed by atoms with Crippen LogP contribution in [0.2, 0.25) is 0 Å². The van der Waals surface area contributed by atoms with Gasteiger partial charge in [0.05, 0.1) is 7.11 Å². The second-order valence-corrected chi connectivity index (χ2v) is 6.40. The van der Waals surface area contributed by atoms with Crippen LogP contribution >= 0.6 is 0 Å². The molecule has 0 amide bonds. The van der Waals surface area contributed by atoms with Crippen molar-refractivity contribution < 1.29 is 9.53 Å². The molecule has 4 nitrogen and oxygen atoms in total.